The van der Waals surface area contributed by atoms with Gasteiger partial charge in [-0.2, -0.15) is 0 Å². The average Bonchev–Trinajstić information content (AvgIpc) is 3.06. The van der Waals surface area contributed by atoms with Gasteiger partial charge in [0, 0.05) is 24.6 Å². The van der Waals surface area contributed by atoms with Gasteiger partial charge in [-0.3, -0.25) is 9.78 Å². The number of nitrogens with zero attached hydrogens (tertiary/aromatic N) is 3. The molecule has 3 aromatic rings. The third-order valence-electron chi connectivity index (χ3n) is 4.66. The molecule has 3 heterocycles. The first-order chi connectivity index (χ1) is 13.5. The van der Waals surface area contributed by atoms with Crippen LogP contribution in [0.4, 0.5) is 10.5 Å². The lowest BCUT2D eigenvalue weighted by Crippen LogP contribution is -2.37. The number of benzene rings is 1. The summed E-state index contributed by atoms with van der Waals surface area (Å²) in [5.74, 6) is -0.208. The van der Waals surface area contributed by atoms with E-state index >= 15 is 0 Å². The summed E-state index contributed by atoms with van der Waals surface area (Å²) in [6.45, 7) is 4.99. The smallest absolute Gasteiger partial charge is 0.410 e. The van der Waals surface area contributed by atoms with Crippen LogP contribution in [0.3, 0.4) is 0 Å². The minimum Gasteiger partial charge on any atom is -0.450 e. The van der Waals surface area contributed by atoms with E-state index in [0.29, 0.717) is 37.4 Å². The monoisotopic (exact) mass is 396 g/mol. The van der Waals surface area contributed by atoms with Crippen LogP contribution in [0, 0.1) is 6.92 Å². The van der Waals surface area contributed by atoms with Gasteiger partial charge in [0.15, 0.2) is 0 Å². The Morgan fingerprint density at radius 2 is 2.18 bits per heavy atom. The van der Waals surface area contributed by atoms with Gasteiger partial charge in [-0.1, -0.05) is 0 Å². The first kappa shape index (κ1) is 18.4. The van der Waals surface area contributed by atoms with Crippen molar-refractivity contribution in [3.05, 3.63) is 52.3 Å². The van der Waals surface area contributed by atoms with Gasteiger partial charge in [0.2, 0.25) is 0 Å². The van der Waals surface area contributed by atoms with E-state index in [1.807, 2.05) is 25.1 Å². The molecule has 0 saturated heterocycles. The van der Waals surface area contributed by atoms with E-state index in [2.05, 4.69) is 15.3 Å². The first-order valence-corrected chi connectivity index (χ1v) is 9.93. The molecule has 144 valence electrons. The van der Waals surface area contributed by atoms with Crippen molar-refractivity contribution >= 4 is 39.2 Å². The Balaban J connectivity index is 1.55. The lowest BCUT2D eigenvalue weighted by atomic mass is 9.97. The third kappa shape index (κ3) is 3.55. The molecule has 7 nitrogen and oxygen atoms in total. The molecule has 8 heteroatoms. The molecule has 0 atom stereocenters. The number of pyridine rings is 1. The summed E-state index contributed by atoms with van der Waals surface area (Å²) in [5.41, 5.74) is 3.91. The molecule has 0 radical (unpaired) electrons. The number of amides is 2. The summed E-state index contributed by atoms with van der Waals surface area (Å²) in [6, 6.07) is 5.72. The number of ether oxygens (including phenoxy) is 1. The largest absolute Gasteiger partial charge is 0.450 e. The van der Waals surface area contributed by atoms with Crippen LogP contribution < -0.4 is 5.32 Å². The van der Waals surface area contributed by atoms with Gasteiger partial charge in [0.05, 0.1) is 33.9 Å². The van der Waals surface area contributed by atoms with Crippen LogP contribution in [-0.2, 0) is 17.7 Å². The van der Waals surface area contributed by atoms with Crippen LogP contribution in [-0.4, -0.2) is 40.0 Å². The topological polar surface area (TPSA) is 84.4 Å². The van der Waals surface area contributed by atoms with E-state index in [1.54, 1.807) is 35.6 Å². The predicted octanol–water partition coefficient (Wildman–Crippen LogP) is 3.77. The molecule has 0 fully saturated rings. The van der Waals surface area contributed by atoms with Crippen LogP contribution in [0.2, 0.25) is 0 Å². The highest BCUT2D eigenvalue weighted by Gasteiger charge is 2.25. The number of aryl methyl sites for hydroxylation is 1. The Morgan fingerprint density at radius 3 is 3.00 bits per heavy atom. The van der Waals surface area contributed by atoms with Crippen LogP contribution in [0.15, 0.2) is 30.6 Å². The number of nitrogens with one attached hydrogen (secondary N) is 1. The first-order valence-electron chi connectivity index (χ1n) is 9.11. The fraction of sp³-hybridized carbons (Fsp3) is 0.300. The highest BCUT2D eigenvalue weighted by molar-refractivity contribution is 7.18. The molecular weight excluding hydrogens is 376 g/mol. The normalized spacial score (nSPS) is 13.3. The molecule has 28 heavy (non-hydrogen) atoms. The van der Waals surface area contributed by atoms with E-state index < -0.39 is 0 Å². The van der Waals surface area contributed by atoms with Gasteiger partial charge in [-0.25, -0.2) is 9.78 Å². The summed E-state index contributed by atoms with van der Waals surface area (Å²) in [7, 11) is 0. The average molecular weight is 396 g/mol. The fourth-order valence-electron chi connectivity index (χ4n) is 3.38. The van der Waals surface area contributed by atoms with Crippen LogP contribution in [0.1, 0.15) is 33.4 Å². The van der Waals surface area contributed by atoms with Gasteiger partial charge in [0.1, 0.15) is 0 Å². The van der Waals surface area contributed by atoms with Crippen molar-refractivity contribution in [2.45, 2.75) is 26.8 Å². The van der Waals surface area contributed by atoms with Crippen molar-refractivity contribution in [3.8, 4) is 0 Å². The van der Waals surface area contributed by atoms with Gasteiger partial charge < -0.3 is 15.0 Å². The maximum atomic E-state index is 12.9. The molecular formula is C20H20N4O3S. The number of anilines is 1. The summed E-state index contributed by atoms with van der Waals surface area (Å²) in [5, 5.41) is 3.94. The molecule has 0 spiro atoms. The van der Waals surface area contributed by atoms with Gasteiger partial charge in [0.25, 0.3) is 5.91 Å². The Morgan fingerprint density at radius 1 is 1.32 bits per heavy atom. The SMILES string of the molecule is CCOC(=O)N1CCc2c(cncc2C(=O)Nc2ccc3sc(C)nc3c2)C1. The van der Waals surface area contributed by atoms with Crippen molar-refractivity contribution in [2.24, 2.45) is 0 Å². The number of aromatic nitrogens is 2. The highest BCUT2D eigenvalue weighted by Crippen LogP contribution is 2.26. The van der Waals surface area contributed by atoms with E-state index in [1.165, 1.54) is 0 Å². The Labute approximate surface area is 166 Å². The zero-order valence-corrected chi connectivity index (χ0v) is 16.5. The Kier molecular flexibility index (Phi) is 4.95. The maximum Gasteiger partial charge on any atom is 0.410 e. The lowest BCUT2D eigenvalue weighted by molar-refractivity contribution is 0.101. The molecule has 2 aromatic heterocycles. The zero-order valence-electron chi connectivity index (χ0n) is 15.7. The van der Waals surface area contributed by atoms with Crippen molar-refractivity contribution in [1.29, 1.82) is 0 Å². The Hall–Kier alpha value is -3.00. The summed E-state index contributed by atoms with van der Waals surface area (Å²) in [6.07, 6.45) is 3.54. The predicted molar refractivity (Wildman–Crippen MR) is 108 cm³/mol. The number of carbonyl (C=O) groups is 2. The van der Waals surface area contributed by atoms with E-state index in [4.69, 9.17) is 4.74 Å². The van der Waals surface area contributed by atoms with E-state index in [0.717, 1.165) is 26.4 Å². The van der Waals surface area contributed by atoms with Crippen LogP contribution >= 0.6 is 11.3 Å². The van der Waals surface area contributed by atoms with Crippen LogP contribution in [0.5, 0.6) is 0 Å². The molecule has 0 bridgehead atoms. The van der Waals surface area contributed by atoms with E-state index in [-0.39, 0.29) is 12.0 Å². The minimum absolute atomic E-state index is 0.208. The molecule has 4 rings (SSSR count). The van der Waals surface area contributed by atoms with Crippen LogP contribution in [0.25, 0.3) is 10.2 Å². The minimum atomic E-state index is -0.338. The van der Waals surface area contributed by atoms with Gasteiger partial charge in [-0.15, -0.1) is 11.3 Å². The van der Waals surface area contributed by atoms with Gasteiger partial charge in [-0.05, 0) is 49.6 Å². The summed E-state index contributed by atoms with van der Waals surface area (Å²) < 4.78 is 6.16. The van der Waals surface area contributed by atoms with Crippen molar-refractivity contribution in [1.82, 2.24) is 14.9 Å². The quantitative estimate of drug-likeness (QED) is 0.729. The molecule has 1 N–H and O–H groups in total. The van der Waals surface area contributed by atoms with E-state index in [9.17, 15) is 9.59 Å². The molecule has 1 aliphatic rings. The van der Waals surface area contributed by atoms with Crippen molar-refractivity contribution in [2.75, 3.05) is 18.5 Å². The lowest BCUT2D eigenvalue weighted by Gasteiger charge is -2.28. The van der Waals surface area contributed by atoms with Crippen molar-refractivity contribution in [3.63, 3.8) is 0 Å². The third-order valence-corrected chi connectivity index (χ3v) is 5.61. The van der Waals surface area contributed by atoms with Crippen molar-refractivity contribution < 1.29 is 14.3 Å². The molecule has 1 aliphatic heterocycles. The second kappa shape index (κ2) is 7.55. The van der Waals surface area contributed by atoms with Gasteiger partial charge >= 0.3 is 6.09 Å². The number of rotatable bonds is 3. The molecule has 0 saturated carbocycles. The molecule has 1 aromatic carbocycles. The number of hydrogen-bond acceptors (Lipinski definition) is 6. The summed E-state index contributed by atoms with van der Waals surface area (Å²) in [4.78, 5) is 35.2. The maximum absolute atomic E-state index is 12.9. The number of carbonyl (C=O) groups excluding carboxylic acids is 2. The second-order valence-corrected chi connectivity index (χ2v) is 7.80. The zero-order chi connectivity index (χ0) is 19.7. The molecule has 0 unspecified atom stereocenters. The highest BCUT2D eigenvalue weighted by atomic mass is 32.1. The molecule has 2 amide bonds. The number of hydrogen-bond donors (Lipinski definition) is 1. The molecule has 0 aliphatic carbocycles. The second-order valence-electron chi connectivity index (χ2n) is 6.56. The summed E-state index contributed by atoms with van der Waals surface area (Å²) >= 11 is 1.62. The number of thiazole rings is 1. The standard InChI is InChI=1S/C20H20N4O3S/c1-3-27-20(26)24-7-6-15-13(11-24)9-21-10-16(15)19(25)23-14-4-5-18-17(8-14)22-12(2)28-18/h4-5,8-10H,3,6-7,11H2,1-2H3,(H,23,25). The fourth-order valence-corrected chi connectivity index (χ4v) is 4.19. The Bertz CT molecular complexity index is 1060. The number of fused-ring (bicyclic) bond motifs is 2.